The van der Waals surface area contributed by atoms with Gasteiger partial charge >= 0.3 is 0 Å². The molecule has 11 heavy (non-hydrogen) atoms. The normalized spacial score (nSPS) is 16.9. The fourth-order valence-corrected chi connectivity index (χ4v) is 0.934. The molecule has 0 aliphatic rings. The number of hydrogen-bond acceptors (Lipinski definition) is 2. The minimum absolute atomic E-state index is 0.643. The van der Waals surface area contributed by atoms with Crippen LogP contribution < -0.4 is 5.32 Å². The van der Waals surface area contributed by atoms with Gasteiger partial charge in [0.1, 0.15) is 0 Å². The van der Waals surface area contributed by atoms with Crippen LogP contribution in [-0.2, 0) is 0 Å². The molecule has 0 bridgehead atoms. The van der Waals surface area contributed by atoms with Crippen LogP contribution in [0.4, 0.5) is 0 Å². The fraction of sp³-hybridized carbons (Fsp3) is 1.00. The second-order valence-electron chi connectivity index (χ2n) is 3.49. The maximum atomic E-state index is 3.51. The summed E-state index contributed by atoms with van der Waals surface area (Å²) in [4.78, 5) is 0. The van der Waals surface area contributed by atoms with Gasteiger partial charge in [0.15, 0.2) is 0 Å². The van der Waals surface area contributed by atoms with Gasteiger partial charge in [-0.1, -0.05) is 20.8 Å². The van der Waals surface area contributed by atoms with Gasteiger partial charge in [0.05, 0.1) is 0 Å². The second kappa shape index (κ2) is 5.90. The van der Waals surface area contributed by atoms with E-state index >= 15 is 0 Å². The molecule has 0 aliphatic carbocycles. The van der Waals surface area contributed by atoms with Crippen molar-refractivity contribution >= 4 is 11.8 Å². The van der Waals surface area contributed by atoms with Crippen LogP contribution in [0.5, 0.6) is 0 Å². The molecule has 2 heteroatoms. The summed E-state index contributed by atoms with van der Waals surface area (Å²) >= 11 is 1.92. The average Bonchev–Trinajstić information content (AvgIpc) is 1.99. The summed E-state index contributed by atoms with van der Waals surface area (Å²) < 4.78 is 0. The van der Waals surface area contributed by atoms with Crippen molar-refractivity contribution in [2.75, 3.05) is 12.8 Å². The first-order valence-corrected chi connectivity index (χ1v) is 5.63. The Morgan fingerprint density at radius 2 is 1.73 bits per heavy atom. The van der Waals surface area contributed by atoms with Gasteiger partial charge in [-0.25, -0.2) is 0 Å². The molecule has 1 N–H and O–H groups in total. The van der Waals surface area contributed by atoms with Crippen LogP contribution in [0.15, 0.2) is 0 Å². The molecule has 0 rings (SSSR count). The van der Waals surface area contributed by atoms with Crippen molar-refractivity contribution in [1.82, 2.24) is 5.32 Å². The van der Waals surface area contributed by atoms with E-state index in [0.717, 1.165) is 17.7 Å². The highest BCUT2D eigenvalue weighted by molar-refractivity contribution is 7.99. The minimum Gasteiger partial charge on any atom is -0.313 e. The van der Waals surface area contributed by atoms with Crippen molar-refractivity contribution in [2.24, 2.45) is 5.92 Å². The van der Waals surface area contributed by atoms with Crippen molar-refractivity contribution in [3.63, 3.8) is 0 Å². The zero-order valence-electron chi connectivity index (χ0n) is 8.35. The lowest BCUT2D eigenvalue weighted by atomic mass is 10.1. The predicted molar refractivity (Wildman–Crippen MR) is 55.3 cm³/mol. The number of rotatable bonds is 5. The highest BCUT2D eigenvalue weighted by Gasteiger charge is 2.06. The first kappa shape index (κ1) is 11.3. The Kier molecular flexibility index (Phi) is 6.06. The maximum Gasteiger partial charge on any atom is 0.0141 e. The Morgan fingerprint density at radius 3 is 2.09 bits per heavy atom. The molecule has 0 spiro atoms. The van der Waals surface area contributed by atoms with E-state index in [0.29, 0.717) is 6.04 Å². The Bertz CT molecular complexity index is 93.6. The molecule has 0 aromatic rings. The van der Waals surface area contributed by atoms with Gasteiger partial charge in [-0.3, -0.25) is 0 Å². The lowest BCUT2D eigenvalue weighted by Gasteiger charge is -2.19. The highest BCUT2D eigenvalue weighted by atomic mass is 32.2. The lowest BCUT2D eigenvalue weighted by Crippen LogP contribution is -2.34. The molecule has 0 radical (unpaired) electrons. The standard InChI is InChI=1S/C9H21NS/c1-7(2)9(4)10-6-8(3)11-5/h7-10H,6H2,1-5H3. The van der Waals surface area contributed by atoms with E-state index in [1.54, 1.807) is 0 Å². The van der Waals surface area contributed by atoms with Crippen molar-refractivity contribution < 1.29 is 0 Å². The summed E-state index contributed by atoms with van der Waals surface area (Å²) in [5.74, 6) is 0.740. The first-order valence-electron chi connectivity index (χ1n) is 4.34. The monoisotopic (exact) mass is 175 g/mol. The molecule has 0 saturated heterocycles. The van der Waals surface area contributed by atoms with E-state index < -0.39 is 0 Å². The minimum atomic E-state index is 0.643. The Balaban J connectivity index is 3.37. The van der Waals surface area contributed by atoms with Crippen LogP contribution >= 0.6 is 11.8 Å². The Labute approximate surface area is 75.3 Å². The van der Waals surface area contributed by atoms with E-state index in [1.165, 1.54) is 0 Å². The molecular weight excluding hydrogens is 154 g/mol. The molecule has 0 aromatic carbocycles. The number of thioether (sulfide) groups is 1. The van der Waals surface area contributed by atoms with Crippen molar-refractivity contribution in [2.45, 2.75) is 39.0 Å². The van der Waals surface area contributed by atoms with Gasteiger partial charge in [0.2, 0.25) is 0 Å². The zero-order chi connectivity index (χ0) is 8.85. The summed E-state index contributed by atoms with van der Waals surface area (Å²) in [6.45, 7) is 10.1. The summed E-state index contributed by atoms with van der Waals surface area (Å²) in [7, 11) is 0. The van der Waals surface area contributed by atoms with Crippen LogP contribution in [0.25, 0.3) is 0 Å². The van der Waals surface area contributed by atoms with Gasteiger partial charge < -0.3 is 5.32 Å². The van der Waals surface area contributed by atoms with E-state index in [9.17, 15) is 0 Å². The molecular formula is C9H21NS. The van der Waals surface area contributed by atoms with Crippen LogP contribution in [0, 0.1) is 5.92 Å². The molecule has 1 nitrogen and oxygen atoms in total. The smallest absolute Gasteiger partial charge is 0.0141 e. The van der Waals surface area contributed by atoms with E-state index in [4.69, 9.17) is 0 Å². The molecule has 0 aromatic heterocycles. The second-order valence-corrected chi connectivity index (χ2v) is 4.76. The number of hydrogen-bond donors (Lipinski definition) is 1. The van der Waals surface area contributed by atoms with Gasteiger partial charge in [-0.15, -0.1) is 0 Å². The highest BCUT2D eigenvalue weighted by Crippen LogP contribution is 2.05. The van der Waals surface area contributed by atoms with Crippen molar-refractivity contribution in [3.8, 4) is 0 Å². The molecule has 68 valence electrons. The molecule has 0 saturated carbocycles. The first-order chi connectivity index (χ1) is 5.07. The van der Waals surface area contributed by atoms with Gasteiger partial charge in [-0.05, 0) is 19.1 Å². The van der Waals surface area contributed by atoms with Crippen LogP contribution in [0.1, 0.15) is 27.7 Å². The maximum absolute atomic E-state index is 3.51. The molecule has 2 atom stereocenters. The summed E-state index contributed by atoms with van der Waals surface area (Å²) in [5, 5.41) is 4.24. The van der Waals surface area contributed by atoms with Crippen LogP contribution in [0.3, 0.4) is 0 Å². The van der Waals surface area contributed by atoms with Gasteiger partial charge in [-0.2, -0.15) is 11.8 Å². The Morgan fingerprint density at radius 1 is 1.18 bits per heavy atom. The third kappa shape index (κ3) is 5.57. The molecule has 0 amide bonds. The molecule has 2 unspecified atom stereocenters. The molecule has 0 aliphatic heterocycles. The lowest BCUT2D eigenvalue weighted by molar-refractivity contribution is 0.430. The van der Waals surface area contributed by atoms with E-state index in [-0.39, 0.29) is 0 Å². The van der Waals surface area contributed by atoms with Gasteiger partial charge in [0.25, 0.3) is 0 Å². The fourth-order valence-electron chi connectivity index (χ4n) is 0.671. The Hall–Kier alpha value is 0.310. The number of nitrogens with one attached hydrogen (secondary N) is 1. The molecule has 0 fully saturated rings. The molecule has 0 heterocycles. The SMILES string of the molecule is CSC(C)CNC(C)C(C)C. The van der Waals surface area contributed by atoms with E-state index in [1.807, 2.05) is 11.8 Å². The van der Waals surface area contributed by atoms with Gasteiger partial charge in [0, 0.05) is 17.8 Å². The summed E-state index contributed by atoms with van der Waals surface area (Å²) in [6.07, 6.45) is 2.16. The van der Waals surface area contributed by atoms with E-state index in [2.05, 4.69) is 39.3 Å². The summed E-state index contributed by atoms with van der Waals surface area (Å²) in [6, 6.07) is 0.643. The van der Waals surface area contributed by atoms with Crippen molar-refractivity contribution in [3.05, 3.63) is 0 Å². The van der Waals surface area contributed by atoms with Crippen molar-refractivity contribution in [1.29, 1.82) is 0 Å². The van der Waals surface area contributed by atoms with Crippen LogP contribution in [-0.4, -0.2) is 24.1 Å². The largest absolute Gasteiger partial charge is 0.313 e. The third-order valence-corrected chi connectivity index (χ3v) is 3.10. The average molecular weight is 175 g/mol. The summed E-state index contributed by atoms with van der Waals surface area (Å²) in [5.41, 5.74) is 0. The topological polar surface area (TPSA) is 12.0 Å². The zero-order valence-corrected chi connectivity index (χ0v) is 9.16. The predicted octanol–water partition coefficient (Wildman–Crippen LogP) is 2.37. The third-order valence-electron chi connectivity index (χ3n) is 2.13. The van der Waals surface area contributed by atoms with Crippen LogP contribution in [0.2, 0.25) is 0 Å². The quantitative estimate of drug-likeness (QED) is 0.688.